The first-order valence-corrected chi connectivity index (χ1v) is 12.1. The number of morpholine rings is 1. The summed E-state index contributed by atoms with van der Waals surface area (Å²) < 4.78 is 77.3. The third-order valence-electron chi connectivity index (χ3n) is 5.64. The third kappa shape index (κ3) is 5.17. The Balaban J connectivity index is 1.59. The van der Waals surface area contributed by atoms with E-state index in [4.69, 9.17) is 9.15 Å². The number of benzene rings is 1. The maximum Gasteiger partial charge on any atom is 0.416 e. The van der Waals surface area contributed by atoms with Crippen LogP contribution in [0.5, 0.6) is 0 Å². The Hall–Kier alpha value is -2.57. The first-order chi connectivity index (χ1) is 15.7. The Morgan fingerprint density at radius 1 is 0.970 bits per heavy atom. The SMILES string of the molecule is O=C(Nc1cc(C(F)(F)F)ccc1N1CCOCC1)c1ccc(S(=O)(=O)N2CCCCC2)o1. The highest BCUT2D eigenvalue weighted by atomic mass is 32.2. The molecule has 0 aliphatic carbocycles. The molecule has 0 atom stereocenters. The minimum Gasteiger partial charge on any atom is -0.438 e. The number of sulfonamides is 1. The van der Waals surface area contributed by atoms with Crippen LogP contribution in [-0.4, -0.2) is 58.0 Å². The Morgan fingerprint density at radius 2 is 1.67 bits per heavy atom. The second-order valence-corrected chi connectivity index (χ2v) is 9.74. The predicted molar refractivity (Wildman–Crippen MR) is 114 cm³/mol. The Kier molecular flexibility index (Phi) is 6.68. The molecule has 180 valence electrons. The number of piperidine rings is 1. The number of carbonyl (C=O) groups excluding carboxylic acids is 1. The van der Waals surface area contributed by atoms with Crippen LogP contribution in [0.2, 0.25) is 0 Å². The van der Waals surface area contributed by atoms with Crippen molar-refractivity contribution in [3.63, 3.8) is 0 Å². The van der Waals surface area contributed by atoms with Gasteiger partial charge < -0.3 is 19.4 Å². The van der Waals surface area contributed by atoms with E-state index in [2.05, 4.69) is 5.32 Å². The molecule has 4 rings (SSSR count). The summed E-state index contributed by atoms with van der Waals surface area (Å²) in [5, 5.41) is 2.09. The van der Waals surface area contributed by atoms with Crippen molar-refractivity contribution in [2.45, 2.75) is 30.5 Å². The molecule has 3 heterocycles. The van der Waals surface area contributed by atoms with Crippen LogP contribution in [-0.2, 0) is 20.9 Å². The molecule has 0 radical (unpaired) electrons. The molecule has 0 saturated carbocycles. The van der Waals surface area contributed by atoms with Crippen LogP contribution < -0.4 is 10.2 Å². The number of furan rings is 1. The Morgan fingerprint density at radius 3 is 2.33 bits per heavy atom. The number of carbonyl (C=O) groups is 1. The first-order valence-electron chi connectivity index (χ1n) is 10.6. The maximum absolute atomic E-state index is 13.3. The summed E-state index contributed by atoms with van der Waals surface area (Å²) in [6, 6.07) is 5.51. The van der Waals surface area contributed by atoms with Gasteiger partial charge in [-0.05, 0) is 43.2 Å². The normalized spacial score (nSPS) is 18.3. The number of ether oxygens (including phenoxy) is 1. The molecule has 1 aromatic heterocycles. The van der Waals surface area contributed by atoms with Crippen LogP contribution >= 0.6 is 0 Å². The molecule has 33 heavy (non-hydrogen) atoms. The third-order valence-corrected chi connectivity index (χ3v) is 7.41. The highest BCUT2D eigenvalue weighted by Gasteiger charge is 2.33. The molecule has 2 fully saturated rings. The first kappa shape index (κ1) is 23.6. The van der Waals surface area contributed by atoms with Crippen molar-refractivity contribution in [3.05, 3.63) is 41.7 Å². The van der Waals surface area contributed by atoms with Gasteiger partial charge >= 0.3 is 6.18 Å². The molecule has 2 aliphatic heterocycles. The number of halogens is 3. The van der Waals surface area contributed by atoms with E-state index in [-0.39, 0.29) is 16.5 Å². The van der Waals surface area contributed by atoms with Gasteiger partial charge in [0.2, 0.25) is 5.09 Å². The van der Waals surface area contributed by atoms with Crippen LogP contribution in [0.15, 0.2) is 39.8 Å². The molecule has 1 N–H and O–H groups in total. The molecule has 2 aliphatic rings. The van der Waals surface area contributed by atoms with Gasteiger partial charge in [-0.1, -0.05) is 6.42 Å². The van der Waals surface area contributed by atoms with Crippen molar-refractivity contribution in [1.82, 2.24) is 4.31 Å². The minimum absolute atomic E-state index is 0.0476. The highest BCUT2D eigenvalue weighted by molar-refractivity contribution is 7.89. The molecule has 1 amide bonds. The molecule has 12 heteroatoms. The lowest BCUT2D eigenvalue weighted by atomic mass is 10.1. The van der Waals surface area contributed by atoms with Gasteiger partial charge in [0, 0.05) is 26.2 Å². The van der Waals surface area contributed by atoms with Crippen LogP contribution in [0, 0.1) is 0 Å². The molecule has 2 saturated heterocycles. The number of anilines is 2. The molecule has 8 nitrogen and oxygen atoms in total. The molecule has 0 unspecified atom stereocenters. The van der Waals surface area contributed by atoms with E-state index < -0.39 is 27.7 Å². The molecule has 1 aromatic carbocycles. The quantitative estimate of drug-likeness (QED) is 0.694. The van der Waals surface area contributed by atoms with Crippen LogP contribution in [0.25, 0.3) is 0 Å². The van der Waals surface area contributed by atoms with Gasteiger partial charge in [-0.3, -0.25) is 4.79 Å². The smallest absolute Gasteiger partial charge is 0.416 e. The number of alkyl halides is 3. The van der Waals surface area contributed by atoms with Gasteiger partial charge in [0.1, 0.15) is 0 Å². The van der Waals surface area contributed by atoms with Crippen molar-refractivity contribution >= 4 is 27.3 Å². The predicted octanol–water partition coefficient (Wildman–Crippen LogP) is 3.56. The fraction of sp³-hybridized carbons (Fsp3) is 0.476. The minimum atomic E-state index is -4.59. The van der Waals surface area contributed by atoms with Gasteiger partial charge in [-0.15, -0.1) is 0 Å². The second-order valence-electron chi connectivity index (χ2n) is 7.87. The summed E-state index contributed by atoms with van der Waals surface area (Å²) >= 11 is 0. The molecule has 0 bridgehead atoms. The largest absolute Gasteiger partial charge is 0.438 e. The number of rotatable bonds is 5. The van der Waals surface area contributed by atoms with Gasteiger partial charge in [0.05, 0.1) is 30.2 Å². The lowest BCUT2D eigenvalue weighted by Gasteiger charge is -2.31. The summed E-state index contributed by atoms with van der Waals surface area (Å²) in [6.45, 7) is 2.46. The zero-order chi connectivity index (χ0) is 23.6. The van der Waals surface area contributed by atoms with Crippen molar-refractivity contribution in [2.75, 3.05) is 49.6 Å². The summed E-state index contributed by atoms with van der Waals surface area (Å²) in [5.41, 5.74) is -0.552. The van der Waals surface area contributed by atoms with E-state index in [0.29, 0.717) is 45.1 Å². The summed E-state index contributed by atoms with van der Waals surface area (Å²) in [4.78, 5) is 14.6. The van der Waals surface area contributed by atoms with E-state index in [1.54, 1.807) is 0 Å². The molecular weight excluding hydrogens is 463 g/mol. The van der Waals surface area contributed by atoms with E-state index in [9.17, 15) is 26.4 Å². The van der Waals surface area contributed by atoms with Crippen molar-refractivity contribution in [3.8, 4) is 0 Å². The van der Waals surface area contributed by atoms with Crippen LogP contribution in [0.1, 0.15) is 35.4 Å². The zero-order valence-corrected chi connectivity index (χ0v) is 18.5. The summed E-state index contributed by atoms with van der Waals surface area (Å²) in [5.74, 6) is -1.15. The van der Waals surface area contributed by atoms with Gasteiger partial charge in [0.15, 0.2) is 5.76 Å². The maximum atomic E-state index is 13.3. The second kappa shape index (κ2) is 9.35. The standard InChI is InChI=1S/C21H24F3N3O5S/c22-21(23,24)15-4-5-17(26-10-12-31-13-11-26)16(14-15)25-20(28)18-6-7-19(32-18)33(29,30)27-8-2-1-3-9-27/h4-7,14H,1-3,8-13H2,(H,25,28). The number of amides is 1. The summed E-state index contributed by atoms with van der Waals surface area (Å²) in [6.07, 6.45) is -2.16. The number of hydrogen-bond acceptors (Lipinski definition) is 6. The highest BCUT2D eigenvalue weighted by Crippen LogP contribution is 2.36. The van der Waals surface area contributed by atoms with E-state index in [1.807, 2.05) is 4.90 Å². The molecule has 0 spiro atoms. The fourth-order valence-electron chi connectivity index (χ4n) is 3.89. The zero-order valence-electron chi connectivity index (χ0n) is 17.7. The van der Waals surface area contributed by atoms with E-state index in [0.717, 1.165) is 31.4 Å². The monoisotopic (exact) mass is 487 g/mol. The average molecular weight is 488 g/mol. The van der Waals surface area contributed by atoms with Crippen molar-refractivity contribution in [2.24, 2.45) is 0 Å². The van der Waals surface area contributed by atoms with Crippen LogP contribution in [0.4, 0.5) is 24.5 Å². The molecule has 2 aromatic rings. The van der Waals surface area contributed by atoms with Crippen molar-refractivity contribution < 1.29 is 35.5 Å². The topological polar surface area (TPSA) is 92.1 Å². The van der Waals surface area contributed by atoms with Gasteiger partial charge in [-0.25, -0.2) is 8.42 Å². The lowest BCUT2D eigenvalue weighted by molar-refractivity contribution is -0.137. The number of nitrogens with one attached hydrogen (secondary N) is 1. The average Bonchev–Trinajstić information content (AvgIpc) is 3.31. The molecular formula is C21H24F3N3O5S. The van der Waals surface area contributed by atoms with Crippen LogP contribution in [0.3, 0.4) is 0 Å². The van der Waals surface area contributed by atoms with Gasteiger partial charge in [0.25, 0.3) is 15.9 Å². The Bertz CT molecular complexity index is 1100. The fourth-order valence-corrected chi connectivity index (χ4v) is 5.32. The summed E-state index contributed by atoms with van der Waals surface area (Å²) in [7, 11) is -3.88. The van der Waals surface area contributed by atoms with Crippen molar-refractivity contribution in [1.29, 1.82) is 0 Å². The number of hydrogen-bond donors (Lipinski definition) is 1. The van der Waals surface area contributed by atoms with E-state index in [1.165, 1.54) is 22.5 Å². The Labute approximate surface area is 189 Å². The van der Waals surface area contributed by atoms with E-state index >= 15 is 0 Å². The number of nitrogens with zero attached hydrogens (tertiary/aromatic N) is 2. The lowest BCUT2D eigenvalue weighted by Crippen LogP contribution is -2.36. The van der Waals surface area contributed by atoms with Gasteiger partial charge in [-0.2, -0.15) is 17.5 Å².